The van der Waals surface area contributed by atoms with Crippen LogP contribution in [0.5, 0.6) is 6.01 Å². The van der Waals surface area contributed by atoms with Gasteiger partial charge in [-0.15, -0.1) is 0 Å². The molecule has 1 fully saturated rings. The van der Waals surface area contributed by atoms with Gasteiger partial charge in [0.2, 0.25) is 10.0 Å². The summed E-state index contributed by atoms with van der Waals surface area (Å²) in [5, 5.41) is 0.329. The summed E-state index contributed by atoms with van der Waals surface area (Å²) in [4.78, 5) is 7.63. The van der Waals surface area contributed by atoms with Gasteiger partial charge in [0.25, 0.3) is 0 Å². The molecule has 0 N–H and O–H groups in total. The van der Waals surface area contributed by atoms with Crippen molar-refractivity contribution in [2.75, 3.05) is 18.8 Å². The lowest BCUT2D eigenvalue weighted by Crippen LogP contribution is -2.34. The zero-order valence-electron chi connectivity index (χ0n) is 11.3. The number of rotatable bonds is 5. The summed E-state index contributed by atoms with van der Waals surface area (Å²) in [5.41, 5.74) is 0. The second-order valence-electron chi connectivity index (χ2n) is 4.75. The van der Waals surface area contributed by atoms with Gasteiger partial charge in [0.1, 0.15) is 6.10 Å². The Morgan fingerprint density at radius 2 is 2.00 bits per heavy atom. The van der Waals surface area contributed by atoms with Gasteiger partial charge >= 0.3 is 12.2 Å². The van der Waals surface area contributed by atoms with Crippen LogP contribution in [0.2, 0.25) is 5.02 Å². The fraction of sp³-hybridized carbons (Fsp3) is 0.636. The summed E-state index contributed by atoms with van der Waals surface area (Å²) >= 11 is 5.62. The average Bonchev–Trinajstić information content (AvgIpc) is 2.88. The Morgan fingerprint density at radius 1 is 1.36 bits per heavy atom. The highest BCUT2D eigenvalue weighted by Gasteiger charge is 2.36. The van der Waals surface area contributed by atoms with Crippen molar-refractivity contribution in [3.8, 4) is 6.01 Å². The Labute approximate surface area is 130 Å². The van der Waals surface area contributed by atoms with E-state index in [-0.39, 0.29) is 19.1 Å². The maximum atomic E-state index is 12.1. The Bertz CT molecular complexity index is 609. The summed E-state index contributed by atoms with van der Waals surface area (Å²) in [6.45, 7) is 0.0879. The first kappa shape index (κ1) is 17.2. The fourth-order valence-electron chi connectivity index (χ4n) is 1.93. The van der Waals surface area contributed by atoms with Crippen LogP contribution in [-0.4, -0.2) is 53.8 Å². The fourth-order valence-corrected chi connectivity index (χ4v) is 3.55. The third-order valence-electron chi connectivity index (χ3n) is 3.01. The van der Waals surface area contributed by atoms with Crippen molar-refractivity contribution in [1.82, 2.24) is 14.3 Å². The van der Waals surface area contributed by atoms with E-state index in [2.05, 4.69) is 9.97 Å². The Morgan fingerprint density at radius 3 is 2.59 bits per heavy atom. The van der Waals surface area contributed by atoms with E-state index in [1.54, 1.807) is 0 Å². The van der Waals surface area contributed by atoms with Crippen molar-refractivity contribution >= 4 is 21.6 Å². The van der Waals surface area contributed by atoms with Crippen molar-refractivity contribution in [1.29, 1.82) is 0 Å². The van der Waals surface area contributed by atoms with E-state index in [1.807, 2.05) is 0 Å². The van der Waals surface area contributed by atoms with E-state index in [4.69, 9.17) is 16.3 Å². The van der Waals surface area contributed by atoms with Crippen molar-refractivity contribution < 1.29 is 26.3 Å². The first-order valence-electron chi connectivity index (χ1n) is 6.34. The summed E-state index contributed by atoms with van der Waals surface area (Å²) in [6, 6.07) is 0.0453. The van der Waals surface area contributed by atoms with Gasteiger partial charge in [-0.3, -0.25) is 0 Å². The molecule has 0 aromatic carbocycles. The smallest absolute Gasteiger partial charge is 0.390 e. The first-order valence-corrected chi connectivity index (χ1v) is 8.33. The molecular formula is C11H13ClF3N3O3S. The van der Waals surface area contributed by atoms with Crippen molar-refractivity contribution in [2.45, 2.75) is 25.1 Å². The second kappa shape index (κ2) is 6.55. The van der Waals surface area contributed by atoms with Gasteiger partial charge in [-0.2, -0.15) is 17.5 Å². The summed E-state index contributed by atoms with van der Waals surface area (Å²) in [7, 11) is -3.95. The van der Waals surface area contributed by atoms with Crippen LogP contribution in [0.15, 0.2) is 12.4 Å². The Kier molecular flexibility index (Phi) is 5.13. The van der Waals surface area contributed by atoms with Gasteiger partial charge in [0, 0.05) is 6.54 Å². The summed E-state index contributed by atoms with van der Waals surface area (Å²) in [6.07, 6.45) is -3.34. The van der Waals surface area contributed by atoms with Crippen LogP contribution in [0, 0.1) is 0 Å². The molecule has 0 unspecified atom stereocenters. The molecule has 6 nitrogen and oxygen atoms in total. The van der Waals surface area contributed by atoms with Crippen molar-refractivity contribution in [3.63, 3.8) is 0 Å². The summed E-state index contributed by atoms with van der Waals surface area (Å²) < 4.78 is 66.5. The van der Waals surface area contributed by atoms with E-state index in [9.17, 15) is 21.6 Å². The zero-order chi connectivity index (χ0) is 16.4. The third-order valence-corrected chi connectivity index (χ3v) is 5.05. The van der Waals surface area contributed by atoms with Gasteiger partial charge < -0.3 is 4.74 Å². The Hall–Kier alpha value is -1.13. The van der Waals surface area contributed by atoms with Gasteiger partial charge in [-0.05, 0) is 6.42 Å². The maximum Gasteiger partial charge on any atom is 0.390 e. The minimum Gasteiger partial charge on any atom is -0.459 e. The molecule has 1 aromatic rings. The predicted octanol–water partition coefficient (Wildman–Crippen LogP) is 1.87. The molecule has 124 valence electrons. The van der Waals surface area contributed by atoms with Crippen LogP contribution in [0.4, 0.5) is 13.2 Å². The van der Waals surface area contributed by atoms with Gasteiger partial charge in [-0.25, -0.2) is 18.4 Å². The largest absolute Gasteiger partial charge is 0.459 e. The number of nitrogens with zero attached hydrogens (tertiary/aromatic N) is 3. The van der Waals surface area contributed by atoms with Crippen molar-refractivity contribution in [3.05, 3.63) is 17.4 Å². The minimum atomic E-state index is -4.50. The molecule has 0 amide bonds. The van der Waals surface area contributed by atoms with Crippen LogP contribution in [-0.2, 0) is 10.0 Å². The van der Waals surface area contributed by atoms with E-state index >= 15 is 0 Å². The van der Waals surface area contributed by atoms with E-state index < -0.39 is 34.5 Å². The van der Waals surface area contributed by atoms with Gasteiger partial charge in [-0.1, -0.05) is 11.6 Å². The number of ether oxygens (including phenoxy) is 1. The maximum absolute atomic E-state index is 12.1. The molecule has 1 aliphatic rings. The normalized spacial score (nSPS) is 20.3. The highest BCUT2D eigenvalue weighted by atomic mass is 35.5. The lowest BCUT2D eigenvalue weighted by atomic mass is 10.3. The van der Waals surface area contributed by atoms with Crippen molar-refractivity contribution in [2.24, 2.45) is 0 Å². The molecular weight excluding hydrogens is 347 g/mol. The molecule has 0 saturated carbocycles. The number of alkyl halides is 3. The third kappa shape index (κ3) is 4.96. The SMILES string of the molecule is O=S(=O)(CCC(F)(F)F)N1CC[C@@H](Oc2ncc(Cl)cn2)C1. The van der Waals surface area contributed by atoms with Crippen LogP contribution in [0.1, 0.15) is 12.8 Å². The van der Waals surface area contributed by atoms with Gasteiger partial charge in [0.15, 0.2) is 0 Å². The number of halogens is 4. The molecule has 0 spiro atoms. The summed E-state index contributed by atoms with van der Waals surface area (Å²) in [5.74, 6) is -0.958. The zero-order valence-corrected chi connectivity index (χ0v) is 12.8. The topological polar surface area (TPSA) is 72.4 Å². The molecule has 1 saturated heterocycles. The average molecular weight is 360 g/mol. The molecule has 22 heavy (non-hydrogen) atoms. The van der Waals surface area contributed by atoms with E-state index in [0.29, 0.717) is 11.4 Å². The molecule has 2 rings (SSSR count). The second-order valence-corrected chi connectivity index (χ2v) is 7.28. The molecule has 1 atom stereocenters. The molecule has 11 heteroatoms. The number of aromatic nitrogens is 2. The van der Waals surface area contributed by atoms with E-state index in [0.717, 1.165) is 4.31 Å². The molecule has 2 heterocycles. The molecule has 1 aliphatic heterocycles. The lowest BCUT2D eigenvalue weighted by Gasteiger charge is -2.17. The van der Waals surface area contributed by atoms with Gasteiger partial charge in [0.05, 0.1) is 36.1 Å². The highest BCUT2D eigenvalue weighted by Crippen LogP contribution is 2.23. The van der Waals surface area contributed by atoms with Crippen LogP contribution < -0.4 is 4.74 Å². The number of hydrogen-bond acceptors (Lipinski definition) is 5. The quantitative estimate of drug-likeness (QED) is 0.802. The van der Waals surface area contributed by atoms with Crippen LogP contribution >= 0.6 is 11.6 Å². The van der Waals surface area contributed by atoms with E-state index in [1.165, 1.54) is 12.4 Å². The molecule has 0 aliphatic carbocycles. The predicted molar refractivity (Wildman–Crippen MR) is 72.1 cm³/mol. The monoisotopic (exact) mass is 359 g/mol. The Balaban J connectivity index is 1.90. The standard InChI is InChI=1S/C11H13ClF3N3O3S/c12-8-5-16-10(17-6-8)21-9-1-3-18(7-9)22(19,20)4-2-11(13,14)15/h5-6,9H,1-4,7H2/t9-/m1/s1. The highest BCUT2D eigenvalue weighted by molar-refractivity contribution is 7.89. The van der Waals surface area contributed by atoms with Crippen LogP contribution in [0.3, 0.4) is 0 Å². The first-order chi connectivity index (χ1) is 10.2. The molecule has 1 aromatic heterocycles. The molecule has 0 radical (unpaired) electrons. The lowest BCUT2D eigenvalue weighted by molar-refractivity contribution is -0.130. The minimum absolute atomic E-state index is 0.0216. The molecule has 0 bridgehead atoms. The number of sulfonamides is 1. The number of hydrogen-bond donors (Lipinski definition) is 0. The van der Waals surface area contributed by atoms with Crippen LogP contribution in [0.25, 0.3) is 0 Å².